The maximum Gasteiger partial charge on any atom is 0.223 e. The van der Waals surface area contributed by atoms with Crippen LogP contribution in [0.2, 0.25) is 0 Å². The molecule has 2 aromatic rings. The molecule has 5 nitrogen and oxygen atoms in total. The van der Waals surface area contributed by atoms with Crippen molar-refractivity contribution in [1.82, 2.24) is 9.97 Å². The number of anilines is 1. The summed E-state index contributed by atoms with van der Waals surface area (Å²) < 4.78 is 10.7. The standard InChI is InChI=1S/C15H19N3O2/c1-11-10-13(18-15(16-2)17-11)12-6-4-5-7-14(12)20-9-8-19-3/h4-7,10H,8-9H2,1-3H3,(H,16,17,18). The molecule has 20 heavy (non-hydrogen) atoms. The van der Waals surface area contributed by atoms with Crippen molar-refractivity contribution in [3.05, 3.63) is 36.0 Å². The molecule has 0 aliphatic heterocycles. The normalized spacial score (nSPS) is 10.3. The lowest BCUT2D eigenvalue weighted by atomic mass is 10.1. The average molecular weight is 273 g/mol. The number of benzene rings is 1. The van der Waals surface area contributed by atoms with Crippen LogP contribution in [0.4, 0.5) is 5.95 Å². The van der Waals surface area contributed by atoms with Crippen LogP contribution in [-0.4, -0.2) is 37.3 Å². The van der Waals surface area contributed by atoms with Gasteiger partial charge in [-0.1, -0.05) is 12.1 Å². The van der Waals surface area contributed by atoms with Crippen LogP contribution in [0.5, 0.6) is 5.75 Å². The van der Waals surface area contributed by atoms with Gasteiger partial charge < -0.3 is 14.8 Å². The van der Waals surface area contributed by atoms with Gasteiger partial charge in [-0.05, 0) is 25.1 Å². The van der Waals surface area contributed by atoms with Crippen molar-refractivity contribution in [2.75, 3.05) is 32.7 Å². The maximum absolute atomic E-state index is 5.74. The third kappa shape index (κ3) is 3.45. The summed E-state index contributed by atoms with van der Waals surface area (Å²) in [6.45, 7) is 3.01. The molecule has 0 spiro atoms. The Hall–Kier alpha value is -2.14. The number of aryl methyl sites for hydroxylation is 1. The van der Waals surface area contributed by atoms with E-state index in [2.05, 4.69) is 15.3 Å². The zero-order valence-corrected chi connectivity index (χ0v) is 12.0. The zero-order valence-electron chi connectivity index (χ0n) is 12.0. The Balaban J connectivity index is 2.34. The summed E-state index contributed by atoms with van der Waals surface area (Å²) >= 11 is 0. The highest BCUT2D eigenvalue weighted by Gasteiger charge is 2.09. The van der Waals surface area contributed by atoms with Gasteiger partial charge in [0.25, 0.3) is 0 Å². The maximum atomic E-state index is 5.74. The fourth-order valence-corrected chi connectivity index (χ4v) is 1.86. The van der Waals surface area contributed by atoms with Crippen LogP contribution >= 0.6 is 0 Å². The first kappa shape index (κ1) is 14.3. The second kappa shape index (κ2) is 6.86. The van der Waals surface area contributed by atoms with E-state index in [1.54, 1.807) is 14.2 Å². The summed E-state index contributed by atoms with van der Waals surface area (Å²) in [6, 6.07) is 9.78. The Morgan fingerprint density at radius 1 is 1.15 bits per heavy atom. The molecule has 0 aliphatic rings. The Morgan fingerprint density at radius 3 is 2.70 bits per heavy atom. The molecule has 1 N–H and O–H groups in total. The number of ether oxygens (including phenoxy) is 2. The van der Waals surface area contributed by atoms with Crippen LogP contribution < -0.4 is 10.1 Å². The minimum atomic E-state index is 0.510. The van der Waals surface area contributed by atoms with E-state index in [1.165, 1.54) is 0 Å². The van der Waals surface area contributed by atoms with E-state index in [-0.39, 0.29) is 0 Å². The van der Waals surface area contributed by atoms with Gasteiger partial charge in [0.2, 0.25) is 5.95 Å². The van der Waals surface area contributed by atoms with E-state index >= 15 is 0 Å². The zero-order chi connectivity index (χ0) is 14.4. The van der Waals surface area contributed by atoms with Crippen LogP contribution in [-0.2, 0) is 4.74 Å². The topological polar surface area (TPSA) is 56.3 Å². The lowest BCUT2D eigenvalue weighted by molar-refractivity contribution is 0.146. The largest absolute Gasteiger partial charge is 0.490 e. The van der Waals surface area contributed by atoms with E-state index in [0.29, 0.717) is 19.2 Å². The molecular weight excluding hydrogens is 254 g/mol. The minimum absolute atomic E-state index is 0.510. The van der Waals surface area contributed by atoms with Crippen molar-refractivity contribution in [3.63, 3.8) is 0 Å². The first-order valence-electron chi connectivity index (χ1n) is 6.49. The Labute approximate surface area is 119 Å². The van der Waals surface area contributed by atoms with E-state index < -0.39 is 0 Å². The van der Waals surface area contributed by atoms with Crippen LogP contribution in [0.25, 0.3) is 11.3 Å². The quantitative estimate of drug-likeness (QED) is 0.820. The number of hydrogen-bond donors (Lipinski definition) is 1. The predicted molar refractivity (Wildman–Crippen MR) is 79.1 cm³/mol. The third-order valence-corrected chi connectivity index (χ3v) is 2.79. The number of nitrogens with zero attached hydrogens (tertiary/aromatic N) is 2. The van der Waals surface area contributed by atoms with Crippen molar-refractivity contribution >= 4 is 5.95 Å². The molecule has 0 radical (unpaired) electrons. The lowest BCUT2D eigenvalue weighted by Crippen LogP contribution is -2.05. The minimum Gasteiger partial charge on any atom is -0.490 e. The Morgan fingerprint density at radius 2 is 1.95 bits per heavy atom. The first-order chi connectivity index (χ1) is 9.74. The molecule has 2 rings (SSSR count). The summed E-state index contributed by atoms with van der Waals surface area (Å²) in [5, 5.41) is 2.97. The molecule has 0 saturated carbocycles. The van der Waals surface area contributed by atoms with Crippen LogP contribution in [0.1, 0.15) is 5.69 Å². The highest BCUT2D eigenvalue weighted by atomic mass is 16.5. The summed E-state index contributed by atoms with van der Waals surface area (Å²) in [5.74, 6) is 1.40. The molecule has 0 aliphatic carbocycles. The lowest BCUT2D eigenvalue weighted by Gasteiger charge is -2.12. The van der Waals surface area contributed by atoms with E-state index in [4.69, 9.17) is 9.47 Å². The van der Waals surface area contributed by atoms with Gasteiger partial charge in [-0.2, -0.15) is 0 Å². The summed E-state index contributed by atoms with van der Waals surface area (Å²) in [5.41, 5.74) is 2.70. The van der Waals surface area contributed by atoms with E-state index in [1.807, 2.05) is 37.3 Å². The van der Waals surface area contributed by atoms with E-state index in [0.717, 1.165) is 22.7 Å². The second-order valence-corrected chi connectivity index (χ2v) is 4.31. The molecular formula is C15H19N3O2. The number of para-hydroxylation sites is 1. The average Bonchev–Trinajstić information content (AvgIpc) is 2.47. The van der Waals surface area contributed by atoms with Crippen LogP contribution in [0, 0.1) is 6.92 Å². The van der Waals surface area contributed by atoms with Gasteiger partial charge in [-0.25, -0.2) is 9.97 Å². The van der Waals surface area contributed by atoms with Crippen molar-refractivity contribution < 1.29 is 9.47 Å². The molecule has 0 saturated heterocycles. The van der Waals surface area contributed by atoms with Crippen molar-refractivity contribution in [3.8, 4) is 17.0 Å². The first-order valence-corrected chi connectivity index (χ1v) is 6.49. The van der Waals surface area contributed by atoms with Gasteiger partial charge in [0.1, 0.15) is 12.4 Å². The Kier molecular flexibility index (Phi) is 4.90. The van der Waals surface area contributed by atoms with Crippen LogP contribution in [0.3, 0.4) is 0 Å². The highest BCUT2D eigenvalue weighted by molar-refractivity contribution is 5.68. The molecule has 1 aromatic heterocycles. The van der Waals surface area contributed by atoms with Crippen molar-refractivity contribution in [2.45, 2.75) is 6.92 Å². The van der Waals surface area contributed by atoms with Gasteiger partial charge >= 0.3 is 0 Å². The summed E-state index contributed by atoms with van der Waals surface area (Å²) in [6.07, 6.45) is 0. The van der Waals surface area contributed by atoms with Gasteiger partial charge in [0, 0.05) is 25.4 Å². The second-order valence-electron chi connectivity index (χ2n) is 4.31. The van der Waals surface area contributed by atoms with Crippen LogP contribution in [0.15, 0.2) is 30.3 Å². The molecule has 0 atom stereocenters. The van der Waals surface area contributed by atoms with Crippen molar-refractivity contribution in [1.29, 1.82) is 0 Å². The smallest absolute Gasteiger partial charge is 0.223 e. The number of methoxy groups -OCH3 is 1. The molecule has 0 unspecified atom stereocenters. The van der Waals surface area contributed by atoms with Gasteiger partial charge in [0.05, 0.1) is 12.3 Å². The monoisotopic (exact) mass is 273 g/mol. The summed E-state index contributed by atoms with van der Waals surface area (Å²) in [7, 11) is 3.46. The van der Waals surface area contributed by atoms with E-state index in [9.17, 15) is 0 Å². The molecule has 1 heterocycles. The van der Waals surface area contributed by atoms with Gasteiger partial charge in [-0.3, -0.25) is 0 Å². The fraction of sp³-hybridized carbons (Fsp3) is 0.333. The number of hydrogen-bond acceptors (Lipinski definition) is 5. The van der Waals surface area contributed by atoms with Gasteiger partial charge in [-0.15, -0.1) is 0 Å². The third-order valence-electron chi connectivity index (χ3n) is 2.79. The SMILES string of the molecule is CNc1nc(C)cc(-c2ccccc2OCCOC)n1. The molecule has 0 bridgehead atoms. The number of aromatic nitrogens is 2. The molecule has 5 heteroatoms. The predicted octanol–water partition coefficient (Wildman–Crippen LogP) is 2.52. The van der Waals surface area contributed by atoms with Gasteiger partial charge in [0.15, 0.2) is 0 Å². The molecule has 0 fully saturated rings. The fourth-order valence-electron chi connectivity index (χ4n) is 1.86. The Bertz CT molecular complexity index is 573. The molecule has 1 aromatic carbocycles. The highest BCUT2D eigenvalue weighted by Crippen LogP contribution is 2.29. The molecule has 106 valence electrons. The number of nitrogens with one attached hydrogen (secondary N) is 1. The number of rotatable bonds is 6. The van der Waals surface area contributed by atoms with Crippen molar-refractivity contribution in [2.24, 2.45) is 0 Å². The molecule has 0 amide bonds. The summed E-state index contributed by atoms with van der Waals surface area (Å²) in [4.78, 5) is 8.78.